The van der Waals surface area contributed by atoms with Crippen molar-refractivity contribution < 1.29 is 14.3 Å². The highest BCUT2D eigenvalue weighted by Gasteiger charge is 2.34. The molecule has 5 heteroatoms. The van der Waals surface area contributed by atoms with Gasteiger partial charge in [0.15, 0.2) is 0 Å². The molecular formula is C14H17ClFNO2. The fourth-order valence-electron chi connectivity index (χ4n) is 2.62. The lowest BCUT2D eigenvalue weighted by atomic mass is 9.89. The molecule has 2 atom stereocenters. The van der Waals surface area contributed by atoms with Gasteiger partial charge in [-0.1, -0.05) is 23.7 Å². The van der Waals surface area contributed by atoms with E-state index in [4.69, 9.17) is 16.7 Å². The monoisotopic (exact) mass is 285 g/mol. The number of carboxylic acid groups (broad SMARTS) is 1. The first-order valence-electron chi connectivity index (χ1n) is 6.24. The van der Waals surface area contributed by atoms with E-state index in [-0.39, 0.29) is 6.04 Å². The van der Waals surface area contributed by atoms with E-state index < -0.39 is 17.6 Å². The van der Waals surface area contributed by atoms with Crippen LogP contribution in [0.4, 0.5) is 4.39 Å². The third-order valence-corrected chi connectivity index (χ3v) is 3.81. The van der Waals surface area contributed by atoms with E-state index in [9.17, 15) is 9.18 Å². The van der Waals surface area contributed by atoms with E-state index in [1.165, 1.54) is 13.8 Å². The standard InChI is InChI=1S/C14H17ClFNO2/c1-14(2,16)12-9(4-3-5-10(12)15)11-6-8(7-17-11)13(18)19/h3-5,8,11,17H,6-7H2,1-2H3,(H,18,19). The van der Waals surface area contributed by atoms with Gasteiger partial charge in [-0.15, -0.1) is 0 Å². The largest absolute Gasteiger partial charge is 0.481 e. The summed E-state index contributed by atoms with van der Waals surface area (Å²) >= 11 is 6.11. The molecule has 1 aromatic rings. The van der Waals surface area contributed by atoms with Gasteiger partial charge in [0.25, 0.3) is 0 Å². The molecule has 0 aliphatic carbocycles. The van der Waals surface area contributed by atoms with E-state index in [1.54, 1.807) is 12.1 Å². The lowest BCUT2D eigenvalue weighted by Crippen LogP contribution is -2.20. The van der Waals surface area contributed by atoms with Crippen molar-refractivity contribution in [1.82, 2.24) is 5.32 Å². The van der Waals surface area contributed by atoms with Gasteiger partial charge in [-0.25, -0.2) is 4.39 Å². The quantitative estimate of drug-likeness (QED) is 0.896. The van der Waals surface area contributed by atoms with Crippen LogP contribution in [0.1, 0.15) is 37.4 Å². The maximum Gasteiger partial charge on any atom is 0.307 e. The third kappa shape index (κ3) is 2.90. The fourth-order valence-corrected chi connectivity index (χ4v) is 3.03. The van der Waals surface area contributed by atoms with Crippen LogP contribution in [-0.4, -0.2) is 17.6 Å². The summed E-state index contributed by atoms with van der Waals surface area (Å²) in [5.41, 5.74) is -0.361. The average molecular weight is 286 g/mol. The second kappa shape index (κ2) is 5.10. The van der Waals surface area contributed by atoms with Crippen LogP contribution in [0.5, 0.6) is 0 Å². The molecule has 1 aromatic carbocycles. The van der Waals surface area contributed by atoms with Crippen LogP contribution in [0.25, 0.3) is 0 Å². The van der Waals surface area contributed by atoms with E-state index in [0.717, 1.165) is 5.56 Å². The summed E-state index contributed by atoms with van der Waals surface area (Å²) in [5.74, 6) is -1.25. The number of hydrogen-bond donors (Lipinski definition) is 2. The number of nitrogens with one attached hydrogen (secondary N) is 1. The molecule has 1 saturated heterocycles. The summed E-state index contributed by atoms with van der Waals surface area (Å²) in [5, 5.41) is 12.5. The molecule has 0 aromatic heterocycles. The van der Waals surface area contributed by atoms with E-state index in [1.807, 2.05) is 6.07 Å². The van der Waals surface area contributed by atoms with Crippen molar-refractivity contribution >= 4 is 17.6 Å². The Kier molecular flexibility index (Phi) is 3.83. The van der Waals surface area contributed by atoms with Gasteiger partial charge in [0.05, 0.1) is 5.92 Å². The van der Waals surface area contributed by atoms with Crippen molar-refractivity contribution in [3.63, 3.8) is 0 Å². The highest BCUT2D eigenvalue weighted by molar-refractivity contribution is 6.31. The minimum Gasteiger partial charge on any atom is -0.481 e. The molecule has 0 bridgehead atoms. The summed E-state index contributed by atoms with van der Waals surface area (Å²) in [6.45, 7) is 3.32. The smallest absolute Gasteiger partial charge is 0.307 e. The molecule has 104 valence electrons. The molecule has 1 aliphatic rings. The molecule has 0 amide bonds. The maximum absolute atomic E-state index is 14.3. The Labute approximate surface area is 116 Å². The summed E-state index contributed by atoms with van der Waals surface area (Å²) < 4.78 is 14.3. The molecule has 0 radical (unpaired) electrons. The van der Waals surface area contributed by atoms with Crippen molar-refractivity contribution in [3.05, 3.63) is 34.3 Å². The van der Waals surface area contributed by atoms with E-state index in [0.29, 0.717) is 23.6 Å². The molecule has 19 heavy (non-hydrogen) atoms. The molecule has 1 fully saturated rings. The van der Waals surface area contributed by atoms with Crippen LogP contribution in [-0.2, 0) is 10.5 Å². The van der Waals surface area contributed by atoms with Crippen molar-refractivity contribution in [2.45, 2.75) is 32.0 Å². The molecule has 2 rings (SSSR count). The summed E-state index contributed by atoms with van der Waals surface area (Å²) in [6, 6.07) is 5.07. The topological polar surface area (TPSA) is 49.3 Å². The van der Waals surface area contributed by atoms with Gasteiger partial charge in [-0.05, 0) is 31.9 Å². The van der Waals surface area contributed by atoms with Gasteiger partial charge in [-0.2, -0.15) is 0 Å². The van der Waals surface area contributed by atoms with Crippen LogP contribution in [0.3, 0.4) is 0 Å². The van der Waals surface area contributed by atoms with Crippen molar-refractivity contribution in [1.29, 1.82) is 0 Å². The maximum atomic E-state index is 14.3. The Balaban J connectivity index is 2.36. The summed E-state index contributed by atoms with van der Waals surface area (Å²) in [7, 11) is 0. The Morgan fingerprint density at radius 1 is 1.53 bits per heavy atom. The van der Waals surface area contributed by atoms with Gasteiger partial charge < -0.3 is 10.4 Å². The van der Waals surface area contributed by atoms with Gasteiger partial charge >= 0.3 is 5.97 Å². The first-order chi connectivity index (χ1) is 8.80. The molecule has 0 spiro atoms. The van der Waals surface area contributed by atoms with Crippen molar-refractivity contribution in [2.75, 3.05) is 6.54 Å². The van der Waals surface area contributed by atoms with Gasteiger partial charge in [-0.3, -0.25) is 4.79 Å². The highest BCUT2D eigenvalue weighted by Crippen LogP contribution is 2.39. The van der Waals surface area contributed by atoms with Crippen LogP contribution in [0.15, 0.2) is 18.2 Å². The first kappa shape index (κ1) is 14.3. The Bertz CT molecular complexity index is 499. The van der Waals surface area contributed by atoms with E-state index >= 15 is 0 Å². The second-order valence-electron chi connectivity index (χ2n) is 5.41. The fraction of sp³-hybridized carbons (Fsp3) is 0.500. The van der Waals surface area contributed by atoms with Crippen LogP contribution < -0.4 is 5.32 Å². The summed E-state index contributed by atoms with van der Waals surface area (Å²) in [6.07, 6.45) is 0.457. The van der Waals surface area contributed by atoms with Crippen molar-refractivity contribution in [2.24, 2.45) is 5.92 Å². The number of alkyl halides is 1. The Morgan fingerprint density at radius 3 is 2.74 bits per heavy atom. The zero-order valence-corrected chi connectivity index (χ0v) is 11.7. The predicted octanol–water partition coefficient (Wildman–Crippen LogP) is 3.28. The number of carbonyl (C=O) groups is 1. The SMILES string of the molecule is CC(C)(F)c1c(Cl)cccc1C1CC(C(=O)O)CN1. The summed E-state index contributed by atoms with van der Waals surface area (Å²) in [4.78, 5) is 11.0. The number of aliphatic carboxylic acids is 1. The lowest BCUT2D eigenvalue weighted by molar-refractivity contribution is -0.141. The van der Waals surface area contributed by atoms with Gasteiger partial charge in [0, 0.05) is 23.2 Å². The predicted molar refractivity (Wildman–Crippen MR) is 72.1 cm³/mol. The van der Waals surface area contributed by atoms with Crippen molar-refractivity contribution in [3.8, 4) is 0 Å². The highest BCUT2D eigenvalue weighted by atomic mass is 35.5. The second-order valence-corrected chi connectivity index (χ2v) is 5.82. The minimum absolute atomic E-state index is 0.162. The number of benzene rings is 1. The molecule has 3 nitrogen and oxygen atoms in total. The Morgan fingerprint density at radius 2 is 2.21 bits per heavy atom. The van der Waals surface area contributed by atoms with E-state index in [2.05, 4.69) is 5.32 Å². The number of halogens is 2. The Hall–Kier alpha value is -1.13. The average Bonchev–Trinajstić information content (AvgIpc) is 2.75. The van der Waals surface area contributed by atoms with Crippen LogP contribution in [0.2, 0.25) is 5.02 Å². The van der Waals surface area contributed by atoms with Gasteiger partial charge in [0.2, 0.25) is 0 Å². The zero-order valence-electron chi connectivity index (χ0n) is 10.9. The molecular weight excluding hydrogens is 269 g/mol. The zero-order chi connectivity index (χ0) is 14.2. The van der Waals surface area contributed by atoms with Crippen LogP contribution >= 0.6 is 11.6 Å². The molecule has 1 heterocycles. The molecule has 0 saturated carbocycles. The van der Waals surface area contributed by atoms with Gasteiger partial charge in [0.1, 0.15) is 5.67 Å². The molecule has 2 unspecified atom stereocenters. The minimum atomic E-state index is -1.56. The number of hydrogen-bond acceptors (Lipinski definition) is 2. The molecule has 2 N–H and O–H groups in total. The van der Waals surface area contributed by atoms with Crippen LogP contribution in [0, 0.1) is 5.92 Å². The molecule has 1 aliphatic heterocycles. The lowest BCUT2D eigenvalue weighted by Gasteiger charge is -2.24. The first-order valence-corrected chi connectivity index (χ1v) is 6.62. The number of rotatable bonds is 3. The number of carboxylic acids is 1. The normalized spacial score (nSPS) is 23.6. The third-order valence-electron chi connectivity index (χ3n) is 3.50.